The molecule has 2 amide bonds. The third-order valence-corrected chi connectivity index (χ3v) is 1.54. The van der Waals surface area contributed by atoms with Gasteiger partial charge in [-0.05, 0) is 6.42 Å². The molecule has 2 N–H and O–H groups in total. The maximum absolute atomic E-state index is 11.0. The first-order chi connectivity index (χ1) is 7.20. The summed E-state index contributed by atoms with van der Waals surface area (Å²) in [6.07, 6.45) is 0.831. The first kappa shape index (κ1) is 12.9. The molecule has 0 bridgehead atoms. The molecule has 0 aliphatic rings. The van der Waals surface area contributed by atoms with Gasteiger partial charge in [-0.25, -0.2) is 0 Å². The molecule has 6 heteroatoms. The van der Waals surface area contributed by atoms with Gasteiger partial charge in [0.15, 0.2) is 0 Å². The molecule has 0 heterocycles. The normalized spacial score (nSPS) is 8.40. The molecule has 0 atom stereocenters. The monoisotopic (exact) mass is 208 g/mol. The molecule has 0 rings (SSSR count). The Hall–Kier alpha value is -2.08. The van der Waals surface area contributed by atoms with Crippen molar-refractivity contribution in [2.45, 2.75) is 19.3 Å². The van der Waals surface area contributed by atoms with E-state index in [1.165, 1.54) is 0 Å². The highest BCUT2D eigenvalue weighted by atomic mass is 16.2. The van der Waals surface area contributed by atoms with E-state index in [1.807, 2.05) is 0 Å². The summed E-state index contributed by atoms with van der Waals surface area (Å²) < 4.78 is 0. The van der Waals surface area contributed by atoms with Gasteiger partial charge in [-0.2, -0.15) is 10.5 Å². The van der Waals surface area contributed by atoms with E-state index in [4.69, 9.17) is 10.5 Å². The quantitative estimate of drug-likeness (QED) is 0.570. The minimum atomic E-state index is -0.246. The van der Waals surface area contributed by atoms with Crippen molar-refractivity contribution in [3.8, 4) is 12.1 Å². The van der Waals surface area contributed by atoms with Crippen molar-refractivity contribution in [1.29, 1.82) is 10.5 Å². The van der Waals surface area contributed by atoms with E-state index in [2.05, 4.69) is 10.6 Å². The Morgan fingerprint density at radius 2 is 1.33 bits per heavy atom. The van der Waals surface area contributed by atoms with Crippen molar-refractivity contribution in [2.24, 2.45) is 0 Å². The second-order valence-electron chi connectivity index (χ2n) is 2.72. The van der Waals surface area contributed by atoms with Gasteiger partial charge in [-0.3, -0.25) is 9.59 Å². The van der Waals surface area contributed by atoms with Crippen LogP contribution >= 0.6 is 0 Å². The van der Waals surface area contributed by atoms with Crippen LogP contribution in [0.2, 0.25) is 0 Å². The zero-order chi connectivity index (χ0) is 11.5. The predicted molar refractivity (Wildman–Crippen MR) is 51.1 cm³/mol. The van der Waals surface area contributed by atoms with Gasteiger partial charge in [0.2, 0.25) is 11.8 Å². The first-order valence-electron chi connectivity index (χ1n) is 4.48. The molecule has 0 aromatic carbocycles. The average Bonchev–Trinajstić information content (AvgIpc) is 2.23. The number of rotatable bonds is 6. The highest BCUT2D eigenvalue weighted by Gasteiger charge is 2.03. The summed E-state index contributed by atoms with van der Waals surface area (Å²) in [5.41, 5.74) is 0. The van der Waals surface area contributed by atoms with E-state index in [1.54, 1.807) is 12.1 Å². The molecule has 0 saturated heterocycles. The van der Waals surface area contributed by atoms with Crippen molar-refractivity contribution in [3.05, 3.63) is 0 Å². The molecule has 0 aliphatic heterocycles. The highest BCUT2D eigenvalue weighted by molar-refractivity contribution is 5.79. The van der Waals surface area contributed by atoms with E-state index in [0.29, 0.717) is 6.42 Å². The lowest BCUT2D eigenvalue weighted by atomic mass is 10.2. The largest absolute Gasteiger partial charge is 0.343 e. The molecule has 0 aliphatic carbocycles. The minimum absolute atomic E-state index is 0.0144. The molecular formula is C9H12N4O2. The van der Waals surface area contributed by atoms with Crippen LogP contribution in [-0.4, -0.2) is 24.9 Å². The fraction of sp³-hybridized carbons (Fsp3) is 0.556. The number of nitriles is 2. The van der Waals surface area contributed by atoms with Crippen molar-refractivity contribution < 1.29 is 9.59 Å². The third kappa shape index (κ3) is 8.26. The van der Waals surface area contributed by atoms with Gasteiger partial charge in [0, 0.05) is 12.8 Å². The zero-order valence-electron chi connectivity index (χ0n) is 8.25. The number of carbonyl (C=O) groups excluding carboxylic acids is 2. The molecule has 0 saturated carbocycles. The lowest BCUT2D eigenvalue weighted by Crippen LogP contribution is -2.25. The second kappa shape index (κ2) is 8.52. The van der Waals surface area contributed by atoms with Crippen LogP contribution in [0.25, 0.3) is 0 Å². The number of hydrogen-bond acceptors (Lipinski definition) is 4. The molecule has 0 aromatic heterocycles. The van der Waals surface area contributed by atoms with Gasteiger partial charge >= 0.3 is 0 Å². The van der Waals surface area contributed by atoms with Crippen LogP contribution in [0, 0.1) is 22.7 Å². The summed E-state index contributed by atoms with van der Waals surface area (Å²) in [6, 6.07) is 3.56. The molecule has 0 spiro atoms. The fourth-order valence-electron chi connectivity index (χ4n) is 0.863. The maximum atomic E-state index is 11.0. The predicted octanol–water partition coefficient (Wildman–Crippen LogP) is -0.564. The lowest BCUT2D eigenvalue weighted by molar-refractivity contribution is -0.122. The first-order valence-corrected chi connectivity index (χ1v) is 4.48. The standard InChI is InChI=1S/C9H12N4O2/c10-4-6-12-8(14)2-1-3-9(15)13-7-5-11/h1-3,6-7H2,(H,12,14)(H,13,15). The Morgan fingerprint density at radius 1 is 0.933 bits per heavy atom. The number of carbonyl (C=O) groups is 2. The van der Waals surface area contributed by atoms with Crippen molar-refractivity contribution in [2.75, 3.05) is 13.1 Å². The Bertz CT molecular complexity index is 270. The summed E-state index contributed by atoms with van der Waals surface area (Å²) >= 11 is 0. The third-order valence-electron chi connectivity index (χ3n) is 1.54. The summed E-state index contributed by atoms with van der Waals surface area (Å²) in [7, 11) is 0. The average molecular weight is 208 g/mol. The van der Waals surface area contributed by atoms with E-state index in [-0.39, 0.29) is 37.7 Å². The number of nitrogens with one attached hydrogen (secondary N) is 2. The van der Waals surface area contributed by atoms with Crippen LogP contribution in [0.5, 0.6) is 0 Å². The summed E-state index contributed by atoms with van der Waals surface area (Å²) in [4.78, 5) is 21.9. The Balaban J connectivity index is 3.46. The molecule has 0 fully saturated rings. The van der Waals surface area contributed by atoms with Gasteiger partial charge in [0.05, 0.1) is 12.1 Å². The molecule has 15 heavy (non-hydrogen) atoms. The van der Waals surface area contributed by atoms with E-state index >= 15 is 0 Å². The maximum Gasteiger partial charge on any atom is 0.220 e. The van der Waals surface area contributed by atoms with Gasteiger partial charge in [0.25, 0.3) is 0 Å². The van der Waals surface area contributed by atoms with Crippen LogP contribution in [0.4, 0.5) is 0 Å². The topological polar surface area (TPSA) is 106 Å². The van der Waals surface area contributed by atoms with E-state index in [0.717, 1.165) is 0 Å². The Labute approximate surface area is 87.9 Å². The van der Waals surface area contributed by atoms with Crippen LogP contribution in [0.15, 0.2) is 0 Å². The highest BCUT2D eigenvalue weighted by Crippen LogP contribution is 1.94. The lowest BCUT2D eigenvalue weighted by Gasteiger charge is -2.01. The second-order valence-corrected chi connectivity index (χ2v) is 2.72. The minimum Gasteiger partial charge on any atom is -0.343 e. The molecule has 0 aromatic rings. The SMILES string of the molecule is N#CCNC(=O)CCCC(=O)NCC#N. The summed E-state index contributed by atoms with van der Waals surface area (Å²) in [6.45, 7) is -0.0288. The number of amides is 2. The summed E-state index contributed by atoms with van der Waals surface area (Å²) in [5.74, 6) is -0.491. The number of nitrogens with zero attached hydrogens (tertiary/aromatic N) is 2. The fourth-order valence-corrected chi connectivity index (χ4v) is 0.863. The number of hydrogen-bond donors (Lipinski definition) is 2. The smallest absolute Gasteiger partial charge is 0.220 e. The molecule has 0 unspecified atom stereocenters. The molecular weight excluding hydrogens is 196 g/mol. The zero-order valence-corrected chi connectivity index (χ0v) is 8.25. The Morgan fingerprint density at radius 3 is 1.67 bits per heavy atom. The van der Waals surface area contributed by atoms with Crippen LogP contribution in [0.1, 0.15) is 19.3 Å². The van der Waals surface area contributed by atoms with Gasteiger partial charge in [0.1, 0.15) is 13.1 Å². The van der Waals surface area contributed by atoms with Crippen molar-refractivity contribution in [1.82, 2.24) is 10.6 Å². The molecule has 80 valence electrons. The van der Waals surface area contributed by atoms with Gasteiger partial charge in [-0.1, -0.05) is 0 Å². The Kier molecular flexibility index (Phi) is 7.33. The summed E-state index contributed by atoms with van der Waals surface area (Å²) in [5, 5.41) is 21.1. The van der Waals surface area contributed by atoms with E-state index < -0.39 is 0 Å². The molecule has 0 radical (unpaired) electrons. The van der Waals surface area contributed by atoms with Crippen LogP contribution in [0.3, 0.4) is 0 Å². The van der Waals surface area contributed by atoms with Crippen LogP contribution in [-0.2, 0) is 9.59 Å². The molecule has 6 nitrogen and oxygen atoms in total. The van der Waals surface area contributed by atoms with Gasteiger partial charge < -0.3 is 10.6 Å². The van der Waals surface area contributed by atoms with Crippen LogP contribution < -0.4 is 10.6 Å². The van der Waals surface area contributed by atoms with Crippen molar-refractivity contribution >= 4 is 11.8 Å². The van der Waals surface area contributed by atoms with Gasteiger partial charge in [-0.15, -0.1) is 0 Å². The van der Waals surface area contributed by atoms with E-state index in [9.17, 15) is 9.59 Å². The van der Waals surface area contributed by atoms with Crippen molar-refractivity contribution in [3.63, 3.8) is 0 Å².